The Morgan fingerprint density at radius 1 is 1.10 bits per heavy atom. The van der Waals surface area contributed by atoms with Gasteiger partial charge in [-0.3, -0.25) is 9.78 Å². The molecule has 2 heterocycles. The van der Waals surface area contributed by atoms with Gasteiger partial charge in [-0.05, 0) is 37.3 Å². The van der Waals surface area contributed by atoms with E-state index in [0.717, 1.165) is 0 Å². The molecule has 154 valence electrons. The number of furan rings is 1. The van der Waals surface area contributed by atoms with Crippen LogP contribution in [0.25, 0.3) is 21.9 Å². The fourth-order valence-electron chi connectivity index (χ4n) is 3.18. The molecule has 1 N–H and O–H groups in total. The first-order chi connectivity index (χ1) is 14.2. The third kappa shape index (κ3) is 3.37. The molecule has 0 unspecified atom stereocenters. The van der Waals surface area contributed by atoms with Gasteiger partial charge in [-0.2, -0.15) is 0 Å². The van der Waals surface area contributed by atoms with Crippen LogP contribution in [0.5, 0.6) is 0 Å². The zero-order valence-electron chi connectivity index (χ0n) is 16.4. The Kier molecular flexibility index (Phi) is 4.70. The molecule has 0 fully saturated rings. The molecule has 2 aromatic heterocycles. The molecule has 0 saturated heterocycles. The third-order valence-corrected chi connectivity index (χ3v) is 6.01. The summed E-state index contributed by atoms with van der Waals surface area (Å²) in [7, 11) is -0.896. The van der Waals surface area contributed by atoms with Crippen LogP contribution in [0.3, 0.4) is 0 Å². The first-order valence-electron chi connectivity index (χ1n) is 9.00. The summed E-state index contributed by atoms with van der Waals surface area (Å²) in [5.41, 5.74) is 1.06. The highest BCUT2D eigenvalue weighted by atomic mass is 32.2. The highest BCUT2D eigenvalue weighted by Crippen LogP contribution is 2.29. The zero-order chi connectivity index (χ0) is 21.6. The Morgan fingerprint density at radius 2 is 1.83 bits per heavy atom. The molecule has 0 atom stereocenters. The van der Waals surface area contributed by atoms with E-state index in [1.54, 1.807) is 62.3 Å². The molecule has 30 heavy (non-hydrogen) atoms. The maximum atomic E-state index is 14.6. The number of benzene rings is 2. The number of halogens is 1. The molecule has 2 aromatic carbocycles. The first-order valence-corrected chi connectivity index (χ1v) is 10.5. The van der Waals surface area contributed by atoms with Gasteiger partial charge >= 0.3 is 5.91 Å². The monoisotopic (exact) mass is 427 g/mol. The third-order valence-electron chi connectivity index (χ3n) is 4.65. The summed E-state index contributed by atoms with van der Waals surface area (Å²) in [6.07, 6.45) is 0. The minimum absolute atomic E-state index is 0.119. The molecular formula is C21H18FN3O4S. The molecule has 0 spiro atoms. The molecule has 9 heteroatoms. The average Bonchev–Trinajstić information content (AvgIpc) is 3.12. The second kappa shape index (κ2) is 7.10. The van der Waals surface area contributed by atoms with Gasteiger partial charge in [-0.1, -0.05) is 18.2 Å². The normalized spacial score (nSPS) is 11.7. The molecule has 0 bridgehead atoms. The summed E-state index contributed by atoms with van der Waals surface area (Å²) in [5.74, 6) is -1.94. The lowest BCUT2D eigenvalue weighted by molar-refractivity contribution is 0.0956. The standard InChI is InChI=1S/C21H18FN3O4S/c1-12-7-8-13-5-4-6-17(19(13)23-12)30(27,28)24-21(26)16-11-14-9-10-15(25(2)3)18(22)20(14)29-16/h4-11H,1-3H3,(H,24,26). The molecule has 1 amide bonds. The number of carbonyl (C=O) groups excluding carboxylic acids is 1. The van der Waals surface area contributed by atoms with Crippen LogP contribution in [0.2, 0.25) is 0 Å². The van der Waals surface area contributed by atoms with Crippen molar-refractivity contribution in [3.8, 4) is 0 Å². The number of carbonyl (C=O) groups is 1. The van der Waals surface area contributed by atoms with E-state index in [1.165, 1.54) is 12.1 Å². The van der Waals surface area contributed by atoms with Gasteiger partial charge < -0.3 is 9.32 Å². The Morgan fingerprint density at radius 3 is 2.57 bits per heavy atom. The van der Waals surface area contributed by atoms with E-state index in [-0.39, 0.29) is 27.4 Å². The van der Waals surface area contributed by atoms with Gasteiger partial charge in [0.1, 0.15) is 4.90 Å². The van der Waals surface area contributed by atoms with Gasteiger partial charge in [0.25, 0.3) is 10.0 Å². The van der Waals surface area contributed by atoms with E-state index in [1.807, 2.05) is 4.72 Å². The van der Waals surface area contributed by atoms with Crippen molar-refractivity contribution >= 4 is 43.5 Å². The summed E-state index contributed by atoms with van der Waals surface area (Å²) in [5, 5.41) is 0.973. The number of hydrogen-bond acceptors (Lipinski definition) is 6. The van der Waals surface area contributed by atoms with Crippen LogP contribution in [-0.2, 0) is 10.0 Å². The van der Waals surface area contributed by atoms with Gasteiger partial charge in [-0.15, -0.1) is 0 Å². The van der Waals surface area contributed by atoms with E-state index in [2.05, 4.69) is 4.98 Å². The Labute approximate surface area is 172 Å². The first kappa shape index (κ1) is 19.8. The fraction of sp³-hybridized carbons (Fsp3) is 0.143. The van der Waals surface area contributed by atoms with E-state index in [4.69, 9.17) is 4.42 Å². The smallest absolute Gasteiger partial charge is 0.300 e. The number of aromatic nitrogens is 1. The Balaban J connectivity index is 1.72. The van der Waals surface area contributed by atoms with Crippen LogP contribution < -0.4 is 9.62 Å². The van der Waals surface area contributed by atoms with E-state index in [9.17, 15) is 17.6 Å². The predicted octanol–water partition coefficient (Wildman–Crippen LogP) is 3.61. The number of para-hydroxylation sites is 1. The van der Waals surface area contributed by atoms with Crippen LogP contribution in [0, 0.1) is 12.7 Å². The molecule has 7 nitrogen and oxygen atoms in total. The van der Waals surface area contributed by atoms with Gasteiger partial charge in [0.2, 0.25) is 0 Å². The maximum absolute atomic E-state index is 14.6. The van der Waals surface area contributed by atoms with Gasteiger partial charge in [0.05, 0.1) is 11.2 Å². The van der Waals surface area contributed by atoms with Crippen molar-refractivity contribution in [2.45, 2.75) is 11.8 Å². The summed E-state index contributed by atoms with van der Waals surface area (Å²) in [4.78, 5) is 18.3. The molecule has 0 aliphatic heterocycles. The summed E-state index contributed by atoms with van der Waals surface area (Å²) in [6, 6.07) is 12.6. The van der Waals surface area contributed by atoms with Gasteiger partial charge in [0, 0.05) is 30.6 Å². The van der Waals surface area contributed by atoms with E-state index < -0.39 is 21.7 Å². The molecule has 4 rings (SSSR count). The summed E-state index contributed by atoms with van der Waals surface area (Å²) >= 11 is 0. The lowest BCUT2D eigenvalue weighted by Crippen LogP contribution is -2.30. The van der Waals surface area contributed by atoms with E-state index in [0.29, 0.717) is 16.5 Å². The van der Waals surface area contributed by atoms with E-state index >= 15 is 0 Å². The van der Waals surface area contributed by atoms with Crippen molar-refractivity contribution in [3.63, 3.8) is 0 Å². The van der Waals surface area contributed by atoms with Crippen molar-refractivity contribution in [1.82, 2.24) is 9.71 Å². The Bertz CT molecular complexity index is 1410. The number of rotatable bonds is 4. The van der Waals surface area contributed by atoms with Crippen LogP contribution in [-0.4, -0.2) is 33.4 Å². The topological polar surface area (TPSA) is 92.5 Å². The predicted molar refractivity (Wildman–Crippen MR) is 112 cm³/mol. The van der Waals surface area contributed by atoms with Crippen molar-refractivity contribution < 1.29 is 22.0 Å². The average molecular weight is 427 g/mol. The van der Waals surface area contributed by atoms with Crippen molar-refractivity contribution in [3.05, 3.63) is 65.8 Å². The molecule has 0 aliphatic carbocycles. The molecule has 0 aliphatic rings. The number of sulfonamides is 1. The summed E-state index contributed by atoms with van der Waals surface area (Å²) in [6.45, 7) is 1.74. The SMILES string of the molecule is Cc1ccc2cccc(S(=O)(=O)NC(=O)c3cc4ccc(N(C)C)c(F)c4o3)c2n1. The molecule has 0 saturated carbocycles. The van der Waals surface area contributed by atoms with Crippen molar-refractivity contribution in [2.75, 3.05) is 19.0 Å². The largest absolute Gasteiger partial charge is 0.448 e. The van der Waals surface area contributed by atoms with Crippen LogP contribution in [0.15, 0.2) is 57.8 Å². The molecule has 0 radical (unpaired) electrons. The van der Waals surface area contributed by atoms with Crippen molar-refractivity contribution in [2.24, 2.45) is 0 Å². The van der Waals surface area contributed by atoms with Gasteiger partial charge in [0.15, 0.2) is 17.2 Å². The Hall–Kier alpha value is -3.46. The summed E-state index contributed by atoms with van der Waals surface area (Å²) < 4.78 is 47.7. The minimum atomic E-state index is -4.24. The number of pyridine rings is 1. The molecule has 4 aromatic rings. The number of hydrogen-bond donors (Lipinski definition) is 1. The second-order valence-corrected chi connectivity index (χ2v) is 8.69. The van der Waals surface area contributed by atoms with Crippen molar-refractivity contribution in [1.29, 1.82) is 0 Å². The maximum Gasteiger partial charge on any atom is 0.300 e. The highest BCUT2D eigenvalue weighted by molar-refractivity contribution is 7.90. The number of fused-ring (bicyclic) bond motifs is 2. The number of nitrogens with zero attached hydrogens (tertiary/aromatic N) is 2. The number of nitrogens with one attached hydrogen (secondary N) is 1. The number of amides is 1. The lowest BCUT2D eigenvalue weighted by atomic mass is 10.2. The van der Waals surface area contributed by atoms with Crippen LogP contribution >= 0.6 is 0 Å². The van der Waals surface area contributed by atoms with Crippen LogP contribution in [0.1, 0.15) is 16.2 Å². The highest BCUT2D eigenvalue weighted by Gasteiger charge is 2.25. The zero-order valence-corrected chi connectivity index (χ0v) is 17.2. The molecular weight excluding hydrogens is 409 g/mol. The quantitative estimate of drug-likeness (QED) is 0.535. The number of anilines is 1. The minimum Gasteiger partial charge on any atom is -0.448 e. The van der Waals surface area contributed by atoms with Gasteiger partial charge in [-0.25, -0.2) is 17.5 Å². The lowest BCUT2D eigenvalue weighted by Gasteiger charge is -2.12. The second-order valence-electron chi connectivity index (χ2n) is 7.04. The number of aryl methyl sites for hydroxylation is 1. The van der Waals surface area contributed by atoms with Crippen LogP contribution in [0.4, 0.5) is 10.1 Å². The fourth-order valence-corrected chi connectivity index (χ4v) is 4.31.